The van der Waals surface area contributed by atoms with Crippen molar-refractivity contribution >= 4 is 6.08 Å². The highest BCUT2D eigenvalue weighted by Crippen LogP contribution is 2.17. The van der Waals surface area contributed by atoms with Crippen molar-refractivity contribution in [2.75, 3.05) is 0 Å². The van der Waals surface area contributed by atoms with Crippen molar-refractivity contribution in [3.63, 3.8) is 0 Å². The standard InChI is InChI=1S/C13H13F/c1-4-13(2,3)10-9-11-5-7-12(14)8-6-11/h1,5-10H,2-3H3/b10-9+. The number of benzene rings is 1. The molecule has 1 aromatic carbocycles. The van der Waals surface area contributed by atoms with Crippen LogP contribution in [0.1, 0.15) is 19.4 Å². The number of allylic oxidation sites excluding steroid dienone is 1. The molecule has 0 unspecified atom stereocenters. The highest BCUT2D eigenvalue weighted by molar-refractivity contribution is 5.50. The molecule has 0 nitrogen and oxygen atoms in total. The van der Waals surface area contributed by atoms with E-state index >= 15 is 0 Å². The van der Waals surface area contributed by atoms with Crippen molar-refractivity contribution in [3.8, 4) is 12.3 Å². The van der Waals surface area contributed by atoms with E-state index in [9.17, 15) is 4.39 Å². The van der Waals surface area contributed by atoms with E-state index in [0.29, 0.717) is 0 Å². The lowest BCUT2D eigenvalue weighted by Crippen LogP contribution is -2.01. The van der Waals surface area contributed by atoms with Crippen LogP contribution in [-0.4, -0.2) is 0 Å². The monoisotopic (exact) mass is 188 g/mol. The van der Waals surface area contributed by atoms with Crippen LogP contribution in [0.15, 0.2) is 30.3 Å². The van der Waals surface area contributed by atoms with E-state index in [1.807, 2.05) is 26.0 Å². The van der Waals surface area contributed by atoms with E-state index in [0.717, 1.165) is 5.56 Å². The molecule has 1 rings (SSSR count). The molecule has 0 radical (unpaired) electrons. The Balaban J connectivity index is 2.80. The maximum Gasteiger partial charge on any atom is 0.123 e. The number of terminal acetylenes is 1. The van der Waals surface area contributed by atoms with Gasteiger partial charge in [0.05, 0.1) is 0 Å². The summed E-state index contributed by atoms with van der Waals surface area (Å²) >= 11 is 0. The second-order valence-corrected chi connectivity index (χ2v) is 3.75. The van der Waals surface area contributed by atoms with Gasteiger partial charge in [0.25, 0.3) is 0 Å². The maximum atomic E-state index is 12.6. The van der Waals surface area contributed by atoms with Crippen LogP contribution >= 0.6 is 0 Å². The second kappa shape index (κ2) is 4.11. The third-order valence-corrected chi connectivity index (χ3v) is 1.93. The van der Waals surface area contributed by atoms with Crippen molar-refractivity contribution in [2.24, 2.45) is 5.41 Å². The van der Waals surface area contributed by atoms with Crippen molar-refractivity contribution < 1.29 is 4.39 Å². The van der Waals surface area contributed by atoms with E-state index in [4.69, 9.17) is 6.42 Å². The van der Waals surface area contributed by atoms with Crippen molar-refractivity contribution in [3.05, 3.63) is 41.7 Å². The summed E-state index contributed by atoms with van der Waals surface area (Å²) < 4.78 is 12.6. The summed E-state index contributed by atoms with van der Waals surface area (Å²) in [7, 11) is 0. The second-order valence-electron chi connectivity index (χ2n) is 3.75. The Kier molecular flexibility index (Phi) is 3.09. The molecule has 0 aliphatic heterocycles. The first-order chi connectivity index (χ1) is 6.53. The van der Waals surface area contributed by atoms with Crippen LogP contribution < -0.4 is 0 Å². The molecule has 0 atom stereocenters. The Hall–Kier alpha value is -1.55. The van der Waals surface area contributed by atoms with Crippen LogP contribution in [0.3, 0.4) is 0 Å². The van der Waals surface area contributed by atoms with Crippen molar-refractivity contribution in [1.29, 1.82) is 0 Å². The Morgan fingerprint density at radius 3 is 2.36 bits per heavy atom. The summed E-state index contributed by atoms with van der Waals surface area (Å²) in [4.78, 5) is 0. The van der Waals surface area contributed by atoms with Gasteiger partial charge in [-0.3, -0.25) is 0 Å². The van der Waals surface area contributed by atoms with Gasteiger partial charge in [-0.1, -0.05) is 30.2 Å². The highest BCUT2D eigenvalue weighted by atomic mass is 19.1. The fourth-order valence-electron chi connectivity index (χ4n) is 0.927. The third kappa shape index (κ3) is 3.06. The minimum atomic E-state index is -0.256. The predicted octanol–water partition coefficient (Wildman–Crippen LogP) is 3.50. The average Bonchev–Trinajstić information content (AvgIpc) is 2.17. The van der Waals surface area contributed by atoms with Gasteiger partial charge in [-0.15, -0.1) is 6.42 Å². The molecule has 0 saturated carbocycles. The summed E-state index contributed by atoms with van der Waals surface area (Å²) in [6.07, 6.45) is 9.17. The highest BCUT2D eigenvalue weighted by Gasteiger charge is 2.07. The van der Waals surface area contributed by atoms with Gasteiger partial charge in [-0.05, 0) is 31.5 Å². The maximum absolute atomic E-state index is 12.6. The average molecular weight is 188 g/mol. The third-order valence-electron chi connectivity index (χ3n) is 1.93. The molecule has 0 N–H and O–H groups in total. The quantitative estimate of drug-likeness (QED) is 0.623. The topological polar surface area (TPSA) is 0 Å². The zero-order valence-electron chi connectivity index (χ0n) is 8.42. The Labute approximate surface area is 84.5 Å². The van der Waals surface area contributed by atoms with E-state index < -0.39 is 0 Å². The zero-order valence-corrected chi connectivity index (χ0v) is 8.42. The van der Waals surface area contributed by atoms with Crippen LogP contribution in [0.2, 0.25) is 0 Å². The fraction of sp³-hybridized carbons (Fsp3) is 0.231. The summed E-state index contributed by atoms with van der Waals surface area (Å²) in [6.45, 7) is 3.90. The van der Waals surface area contributed by atoms with Gasteiger partial charge in [0.2, 0.25) is 0 Å². The van der Waals surface area contributed by atoms with Crippen LogP contribution in [0, 0.1) is 23.6 Å². The molecule has 1 heteroatoms. The van der Waals surface area contributed by atoms with Crippen molar-refractivity contribution in [2.45, 2.75) is 13.8 Å². The molecule has 0 bridgehead atoms. The predicted molar refractivity (Wildman–Crippen MR) is 58.0 cm³/mol. The molecule has 0 heterocycles. The molecule has 0 aliphatic carbocycles. The van der Waals surface area contributed by atoms with Gasteiger partial charge in [0.15, 0.2) is 0 Å². The Bertz CT molecular complexity index is 363. The Morgan fingerprint density at radius 2 is 1.86 bits per heavy atom. The zero-order chi connectivity index (χ0) is 10.6. The lowest BCUT2D eigenvalue weighted by atomic mass is 9.93. The molecule has 14 heavy (non-hydrogen) atoms. The molecule has 1 aromatic rings. The number of rotatable bonds is 2. The molecule has 0 spiro atoms. The van der Waals surface area contributed by atoms with Gasteiger partial charge in [0, 0.05) is 5.41 Å². The number of hydrogen-bond donors (Lipinski definition) is 0. The first kappa shape index (κ1) is 10.5. The summed E-state index contributed by atoms with van der Waals surface area (Å²) in [5, 5.41) is 0. The van der Waals surface area contributed by atoms with Gasteiger partial charge in [-0.2, -0.15) is 0 Å². The molecule has 0 aromatic heterocycles. The largest absolute Gasteiger partial charge is 0.207 e. The van der Waals surface area contributed by atoms with Gasteiger partial charge in [-0.25, -0.2) is 4.39 Å². The van der Waals surface area contributed by atoms with E-state index in [1.165, 1.54) is 12.1 Å². The van der Waals surface area contributed by atoms with Gasteiger partial charge in [0.1, 0.15) is 5.82 Å². The summed E-state index contributed by atoms with van der Waals surface area (Å²) in [6, 6.07) is 6.31. The number of hydrogen-bond acceptors (Lipinski definition) is 0. The summed E-state index contributed by atoms with van der Waals surface area (Å²) in [5.41, 5.74) is 0.698. The normalized spacial score (nSPS) is 11.6. The first-order valence-electron chi connectivity index (χ1n) is 4.46. The molecule has 0 fully saturated rings. The fourth-order valence-corrected chi connectivity index (χ4v) is 0.927. The van der Waals surface area contributed by atoms with E-state index in [2.05, 4.69) is 5.92 Å². The minimum absolute atomic E-state index is 0.224. The SMILES string of the molecule is C#CC(C)(C)/C=C/c1ccc(F)cc1. The van der Waals surface area contributed by atoms with Crippen molar-refractivity contribution in [1.82, 2.24) is 0 Å². The van der Waals surface area contributed by atoms with Crippen LogP contribution in [0.4, 0.5) is 4.39 Å². The van der Waals surface area contributed by atoms with Crippen LogP contribution in [0.5, 0.6) is 0 Å². The number of halogens is 1. The molecular weight excluding hydrogens is 175 g/mol. The van der Waals surface area contributed by atoms with E-state index in [1.54, 1.807) is 12.1 Å². The molecule has 0 amide bonds. The molecule has 0 aliphatic rings. The lowest BCUT2D eigenvalue weighted by molar-refractivity contribution is 0.627. The molecule has 0 saturated heterocycles. The van der Waals surface area contributed by atoms with E-state index in [-0.39, 0.29) is 11.2 Å². The lowest BCUT2D eigenvalue weighted by Gasteiger charge is -2.10. The van der Waals surface area contributed by atoms with Gasteiger partial charge < -0.3 is 0 Å². The minimum Gasteiger partial charge on any atom is -0.207 e. The van der Waals surface area contributed by atoms with Crippen LogP contribution in [0.25, 0.3) is 6.08 Å². The first-order valence-corrected chi connectivity index (χ1v) is 4.46. The molecular formula is C13H13F. The Morgan fingerprint density at radius 1 is 1.29 bits per heavy atom. The smallest absolute Gasteiger partial charge is 0.123 e. The van der Waals surface area contributed by atoms with Crippen LogP contribution in [-0.2, 0) is 0 Å². The molecule has 72 valence electrons. The summed E-state index contributed by atoms with van der Waals surface area (Å²) in [5.74, 6) is 2.44. The van der Waals surface area contributed by atoms with Gasteiger partial charge >= 0.3 is 0 Å².